The second-order valence-electron chi connectivity index (χ2n) is 6.40. The van der Waals surface area contributed by atoms with Crippen LogP contribution < -0.4 is 14.8 Å². The van der Waals surface area contributed by atoms with Crippen LogP contribution in [0.2, 0.25) is 0 Å². The molecule has 0 aliphatic carbocycles. The summed E-state index contributed by atoms with van der Waals surface area (Å²) in [6, 6.07) is 10.7. The molecule has 0 amide bonds. The number of rotatable bonds is 5. The molecule has 0 saturated heterocycles. The predicted octanol–water partition coefficient (Wildman–Crippen LogP) is 4.12. The number of aromatic nitrogens is 2. The van der Waals surface area contributed by atoms with Crippen LogP contribution >= 0.6 is 12.4 Å². The molecule has 0 fully saturated rings. The van der Waals surface area contributed by atoms with Gasteiger partial charge in [-0.1, -0.05) is 11.2 Å². The van der Waals surface area contributed by atoms with Crippen LogP contribution in [0.3, 0.4) is 0 Å². The lowest BCUT2D eigenvalue weighted by atomic mass is 10.00. The number of nitrogens with zero attached hydrogens (tertiary/aromatic N) is 2. The van der Waals surface area contributed by atoms with Crippen LogP contribution in [0.4, 0.5) is 8.78 Å². The fourth-order valence-electron chi connectivity index (χ4n) is 3.26. The van der Waals surface area contributed by atoms with E-state index in [2.05, 4.69) is 32.3 Å². The Morgan fingerprint density at radius 2 is 1.76 bits per heavy atom. The Morgan fingerprint density at radius 1 is 1.00 bits per heavy atom. The van der Waals surface area contributed by atoms with Crippen LogP contribution in [-0.4, -0.2) is 37.0 Å². The van der Waals surface area contributed by atoms with Gasteiger partial charge in [-0.3, -0.25) is 0 Å². The third-order valence-electron chi connectivity index (χ3n) is 4.66. The molecule has 29 heavy (non-hydrogen) atoms. The first kappa shape index (κ1) is 21.0. The van der Waals surface area contributed by atoms with E-state index in [-0.39, 0.29) is 23.9 Å². The Hall–Kier alpha value is -2.71. The number of nitrogens with one attached hydrogen (secondary N) is 1. The van der Waals surface area contributed by atoms with Gasteiger partial charge in [0.05, 0.1) is 7.11 Å². The van der Waals surface area contributed by atoms with Crippen molar-refractivity contribution in [2.75, 3.05) is 20.2 Å². The molecule has 154 valence electrons. The van der Waals surface area contributed by atoms with Crippen LogP contribution in [0, 0.1) is 0 Å². The molecule has 9 heteroatoms. The molecular weight excluding hydrogens is 404 g/mol. The minimum absolute atomic E-state index is 0. The van der Waals surface area contributed by atoms with Gasteiger partial charge in [0, 0.05) is 11.1 Å². The van der Waals surface area contributed by atoms with Crippen molar-refractivity contribution in [3.05, 3.63) is 47.5 Å². The van der Waals surface area contributed by atoms with Gasteiger partial charge in [-0.25, -0.2) is 0 Å². The first-order valence-electron chi connectivity index (χ1n) is 8.94. The summed E-state index contributed by atoms with van der Waals surface area (Å²) in [6.45, 7) is -1.01. The monoisotopic (exact) mass is 423 g/mol. The van der Waals surface area contributed by atoms with Crippen LogP contribution in [0.5, 0.6) is 11.5 Å². The molecule has 4 rings (SSSR count). The second kappa shape index (κ2) is 9.19. The van der Waals surface area contributed by atoms with Crippen molar-refractivity contribution in [1.82, 2.24) is 15.5 Å². The fourth-order valence-corrected chi connectivity index (χ4v) is 3.26. The molecule has 0 radical (unpaired) electrons. The zero-order valence-corrected chi connectivity index (χ0v) is 16.5. The fraction of sp³-hybridized carbons (Fsp3) is 0.300. The van der Waals surface area contributed by atoms with Gasteiger partial charge in [0.1, 0.15) is 0 Å². The molecule has 1 aliphatic rings. The maximum absolute atomic E-state index is 12.5. The lowest BCUT2D eigenvalue weighted by molar-refractivity contribution is -0.0512. The summed E-state index contributed by atoms with van der Waals surface area (Å²) in [6.07, 6.45) is 1.95. The summed E-state index contributed by atoms with van der Waals surface area (Å²) in [7, 11) is 1.38. The molecule has 0 spiro atoms. The Kier molecular flexibility index (Phi) is 6.66. The smallest absolute Gasteiger partial charge is 0.387 e. The number of benzene rings is 2. The molecule has 1 N–H and O–H groups in total. The number of hydrogen-bond acceptors (Lipinski definition) is 6. The molecule has 3 aromatic rings. The first-order valence-corrected chi connectivity index (χ1v) is 8.94. The average molecular weight is 424 g/mol. The molecule has 1 aromatic heterocycles. The van der Waals surface area contributed by atoms with Crippen molar-refractivity contribution in [3.8, 4) is 34.3 Å². The maximum atomic E-state index is 12.5. The third-order valence-corrected chi connectivity index (χ3v) is 4.66. The number of hydrogen-bond donors (Lipinski definition) is 1. The number of ether oxygens (including phenoxy) is 2. The Morgan fingerprint density at radius 3 is 2.52 bits per heavy atom. The van der Waals surface area contributed by atoms with Crippen molar-refractivity contribution in [3.63, 3.8) is 0 Å². The Labute approximate surface area is 172 Å². The number of fused-ring (bicyclic) bond motifs is 1. The van der Waals surface area contributed by atoms with Gasteiger partial charge in [0.15, 0.2) is 11.5 Å². The number of methoxy groups -OCH3 is 1. The van der Waals surface area contributed by atoms with Gasteiger partial charge in [-0.2, -0.15) is 13.8 Å². The topological polar surface area (TPSA) is 69.4 Å². The van der Waals surface area contributed by atoms with Crippen LogP contribution in [0.15, 0.2) is 40.9 Å². The summed E-state index contributed by atoms with van der Waals surface area (Å²) in [5.41, 5.74) is 4.03. The lowest BCUT2D eigenvalue weighted by Crippen LogP contribution is -2.16. The minimum Gasteiger partial charge on any atom is -0.493 e. The Balaban J connectivity index is 0.00000240. The summed E-state index contributed by atoms with van der Waals surface area (Å²) in [4.78, 5) is 4.45. The van der Waals surface area contributed by atoms with Crippen molar-refractivity contribution >= 4 is 12.4 Å². The van der Waals surface area contributed by atoms with E-state index in [4.69, 9.17) is 9.26 Å². The molecule has 6 nitrogen and oxygen atoms in total. The van der Waals surface area contributed by atoms with E-state index in [0.717, 1.165) is 31.5 Å². The zero-order valence-electron chi connectivity index (χ0n) is 15.7. The normalized spacial score (nSPS) is 13.4. The van der Waals surface area contributed by atoms with E-state index in [1.165, 1.54) is 30.4 Å². The quantitative estimate of drug-likeness (QED) is 0.665. The van der Waals surface area contributed by atoms with Gasteiger partial charge in [0.2, 0.25) is 5.82 Å². The zero-order chi connectivity index (χ0) is 19.5. The van der Waals surface area contributed by atoms with Crippen LogP contribution in [0.25, 0.3) is 22.8 Å². The molecular formula is C20H20ClF2N3O3. The van der Waals surface area contributed by atoms with Gasteiger partial charge in [0.25, 0.3) is 5.89 Å². The molecule has 0 unspecified atom stereocenters. The van der Waals surface area contributed by atoms with Crippen molar-refractivity contribution in [2.45, 2.75) is 19.5 Å². The van der Waals surface area contributed by atoms with Crippen LogP contribution in [0.1, 0.15) is 11.1 Å². The van der Waals surface area contributed by atoms with E-state index >= 15 is 0 Å². The number of alkyl halides is 2. The van der Waals surface area contributed by atoms with E-state index in [1.54, 1.807) is 6.07 Å². The molecule has 2 heterocycles. The van der Waals surface area contributed by atoms with E-state index < -0.39 is 6.61 Å². The molecule has 0 bridgehead atoms. The molecule has 1 aliphatic heterocycles. The highest BCUT2D eigenvalue weighted by molar-refractivity contribution is 5.85. The summed E-state index contributed by atoms with van der Waals surface area (Å²) >= 11 is 0. The van der Waals surface area contributed by atoms with Gasteiger partial charge in [-0.05, 0) is 67.4 Å². The highest BCUT2D eigenvalue weighted by Crippen LogP contribution is 2.33. The van der Waals surface area contributed by atoms with E-state index in [1.807, 2.05) is 6.07 Å². The first-order chi connectivity index (χ1) is 13.6. The molecule has 0 saturated carbocycles. The van der Waals surface area contributed by atoms with Gasteiger partial charge in [-0.15, -0.1) is 12.4 Å². The largest absolute Gasteiger partial charge is 0.493 e. The molecule has 2 aromatic carbocycles. The predicted molar refractivity (Wildman–Crippen MR) is 106 cm³/mol. The van der Waals surface area contributed by atoms with Crippen LogP contribution in [-0.2, 0) is 12.8 Å². The van der Waals surface area contributed by atoms with E-state index in [0.29, 0.717) is 17.3 Å². The third kappa shape index (κ3) is 4.65. The highest BCUT2D eigenvalue weighted by Gasteiger charge is 2.17. The summed E-state index contributed by atoms with van der Waals surface area (Å²) < 4.78 is 39.9. The molecule has 0 atom stereocenters. The van der Waals surface area contributed by atoms with Crippen molar-refractivity contribution in [2.24, 2.45) is 0 Å². The number of halogens is 3. The highest BCUT2D eigenvalue weighted by atomic mass is 35.5. The second-order valence-corrected chi connectivity index (χ2v) is 6.40. The average Bonchev–Trinajstić information content (AvgIpc) is 3.07. The maximum Gasteiger partial charge on any atom is 0.387 e. The summed E-state index contributed by atoms with van der Waals surface area (Å²) in [5, 5.41) is 7.40. The van der Waals surface area contributed by atoms with Crippen molar-refractivity contribution < 1.29 is 22.8 Å². The minimum atomic E-state index is -2.93. The lowest BCUT2D eigenvalue weighted by Gasteiger charge is -2.10. The van der Waals surface area contributed by atoms with Gasteiger partial charge >= 0.3 is 6.61 Å². The van der Waals surface area contributed by atoms with Crippen molar-refractivity contribution in [1.29, 1.82) is 0 Å². The standard InChI is InChI=1S/C20H19F2N3O3.ClH/c1-26-17-11-14(4-5-16(17)27-20(21)22)18-24-19(28-25-18)15-3-2-12-6-8-23-9-7-13(12)10-15;/h2-5,10-11,20,23H,6-9H2,1H3;1H. The summed E-state index contributed by atoms with van der Waals surface area (Å²) in [5.74, 6) is 0.862. The SMILES string of the molecule is COc1cc(-c2noc(-c3ccc4c(c3)CCNCC4)n2)ccc1OC(F)F.Cl. The van der Waals surface area contributed by atoms with Gasteiger partial charge < -0.3 is 19.3 Å². The van der Waals surface area contributed by atoms with E-state index in [9.17, 15) is 8.78 Å². The Bertz CT molecular complexity index is 981.